The molecule has 64 valence electrons. The third-order valence-corrected chi connectivity index (χ3v) is 2.51. The van der Waals surface area contributed by atoms with Crippen LogP contribution in [-0.4, -0.2) is 13.1 Å². The molecule has 2 nitrogen and oxygen atoms in total. The monoisotopic (exact) mass is 162 g/mol. The number of hydrogen-bond acceptors (Lipinski definition) is 2. The van der Waals surface area contributed by atoms with Gasteiger partial charge in [0, 0.05) is 25.0 Å². The van der Waals surface area contributed by atoms with E-state index in [0.29, 0.717) is 5.92 Å². The molecule has 1 unspecified atom stereocenters. The molecule has 1 atom stereocenters. The summed E-state index contributed by atoms with van der Waals surface area (Å²) < 4.78 is 0. The third kappa shape index (κ3) is 1.36. The quantitative estimate of drug-likeness (QED) is 0.678. The van der Waals surface area contributed by atoms with E-state index >= 15 is 0 Å². The van der Waals surface area contributed by atoms with Gasteiger partial charge in [0.15, 0.2) is 0 Å². The van der Waals surface area contributed by atoms with Crippen LogP contribution in [-0.2, 0) is 0 Å². The summed E-state index contributed by atoms with van der Waals surface area (Å²) in [5.41, 5.74) is 7.31. The molecule has 0 saturated carbocycles. The maximum absolute atomic E-state index is 6.06. The van der Waals surface area contributed by atoms with Crippen LogP contribution in [0, 0.1) is 5.92 Å². The summed E-state index contributed by atoms with van der Waals surface area (Å²) in [6, 6.07) is 10.5. The zero-order valence-electron chi connectivity index (χ0n) is 7.03. The Morgan fingerprint density at radius 2 is 1.92 bits per heavy atom. The summed E-state index contributed by atoms with van der Waals surface area (Å²) in [4.78, 5) is 0. The smallest absolute Gasteiger partial charge is 0.0347 e. The Morgan fingerprint density at radius 3 is 2.42 bits per heavy atom. The second kappa shape index (κ2) is 3.25. The lowest BCUT2D eigenvalue weighted by Gasteiger charge is -2.32. The molecule has 1 fully saturated rings. The molecule has 1 aromatic carbocycles. The van der Waals surface area contributed by atoms with Crippen LogP contribution in [0.25, 0.3) is 0 Å². The maximum atomic E-state index is 6.06. The van der Waals surface area contributed by atoms with Gasteiger partial charge in [0.05, 0.1) is 0 Å². The Kier molecular flexibility index (Phi) is 2.11. The molecular weight excluding hydrogens is 148 g/mol. The van der Waals surface area contributed by atoms with E-state index in [2.05, 4.69) is 17.4 Å². The molecule has 0 aromatic heterocycles. The molecule has 1 aliphatic heterocycles. The van der Waals surface area contributed by atoms with Gasteiger partial charge in [0.1, 0.15) is 0 Å². The number of rotatable bonds is 2. The molecule has 12 heavy (non-hydrogen) atoms. The Labute approximate surface area is 72.8 Å². The lowest BCUT2D eigenvalue weighted by molar-refractivity contribution is 0.295. The van der Waals surface area contributed by atoms with Crippen molar-refractivity contribution in [1.82, 2.24) is 5.32 Å². The van der Waals surface area contributed by atoms with Crippen LogP contribution in [0.2, 0.25) is 0 Å². The highest BCUT2D eigenvalue weighted by atomic mass is 15.0. The zero-order chi connectivity index (χ0) is 8.39. The van der Waals surface area contributed by atoms with Gasteiger partial charge >= 0.3 is 0 Å². The van der Waals surface area contributed by atoms with Crippen molar-refractivity contribution in [1.29, 1.82) is 0 Å². The van der Waals surface area contributed by atoms with Gasteiger partial charge in [-0.3, -0.25) is 0 Å². The Balaban J connectivity index is 2.08. The standard InChI is InChI=1S/C10H14N2/c11-10(9-6-12-7-9)8-4-2-1-3-5-8/h1-5,9-10,12H,6-7,11H2. The van der Waals surface area contributed by atoms with E-state index in [4.69, 9.17) is 5.73 Å². The number of nitrogens with one attached hydrogen (secondary N) is 1. The van der Waals surface area contributed by atoms with Crippen molar-refractivity contribution < 1.29 is 0 Å². The molecular formula is C10H14N2. The molecule has 3 N–H and O–H groups in total. The summed E-state index contributed by atoms with van der Waals surface area (Å²) in [5.74, 6) is 0.632. The minimum Gasteiger partial charge on any atom is -0.324 e. The molecule has 0 aliphatic carbocycles. The van der Waals surface area contributed by atoms with Gasteiger partial charge in [-0.05, 0) is 5.56 Å². The maximum Gasteiger partial charge on any atom is 0.0347 e. The molecule has 2 heteroatoms. The van der Waals surface area contributed by atoms with Crippen molar-refractivity contribution in [3.63, 3.8) is 0 Å². The minimum absolute atomic E-state index is 0.215. The fourth-order valence-corrected chi connectivity index (χ4v) is 1.51. The van der Waals surface area contributed by atoms with Gasteiger partial charge in [-0.15, -0.1) is 0 Å². The van der Waals surface area contributed by atoms with Gasteiger partial charge in [-0.25, -0.2) is 0 Å². The normalized spacial score (nSPS) is 20.1. The molecule has 1 aliphatic rings. The van der Waals surface area contributed by atoms with Crippen molar-refractivity contribution >= 4 is 0 Å². The van der Waals surface area contributed by atoms with Crippen LogP contribution in [0.5, 0.6) is 0 Å². The van der Waals surface area contributed by atoms with E-state index in [1.165, 1.54) is 5.56 Å². The highest BCUT2D eigenvalue weighted by Gasteiger charge is 2.24. The molecule has 0 radical (unpaired) electrons. The topological polar surface area (TPSA) is 38.0 Å². The fourth-order valence-electron chi connectivity index (χ4n) is 1.51. The van der Waals surface area contributed by atoms with Crippen molar-refractivity contribution in [2.24, 2.45) is 11.7 Å². The van der Waals surface area contributed by atoms with Crippen LogP contribution in [0.4, 0.5) is 0 Å². The predicted octanol–water partition coefficient (Wildman–Crippen LogP) is 0.906. The minimum atomic E-state index is 0.215. The van der Waals surface area contributed by atoms with E-state index in [0.717, 1.165) is 13.1 Å². The zero-order valence-corrected chi connectivity index (χ0v) is 7.03. The van der Waals surface area contributed by atoms with Gasteiger partial charge in [-0.2, -0.15) is 0 Å². The fraction of sp³-hybridized carbons (Fsp3) is 0.400. The van der Waals surface area contributed by atoms with Crippen LogP contribution in [0.15, 0.2) is 30.3 Å². The second-order valence-electron chi connectivity index (χ2n) is 3.35. The average Bonchev–Trinajstić information content (AvgIpc) is 2.03. The average molecular weight is 162 g/mol. The number of benzene rings is 1. The van der Waals surface area contributed by atoms with Crippen molar-refractivity contribution in [3.8, 4) is 0 Å². The summed E-state index contributed by atoms with van der Waals surface area (Å²) >= 11 is 0. The molecule has 1 aromatic rings. The van der Waals surface area contributed by atoms with Crippen LogP contribution >= 0.6 is 0 Å². The lowest BCUT2D eigenvalue weighted by atomic mass is 9.89. The van der Waals surface area contributed by atoms with E-state index in [1.54, 1.807) is 0 Å². The largest absolute Gasteiger partial charge is 0.324 e. The molecule has 1 heterocycles. The van der Waals surface area contributed by atoms with E-state index in [1.807, 2.05) is 18.2 Å². The summed E-state index contributed by atoms with van der Waals surface area (Å²) in [5, 5.41) is 3.23. The third-order valence-electron chi connectivity index (χ3n) is 2.51. The van der Waals surface area contributed by atoms with Crippen molar-refractivity contribution in [2.75, 3.05) is 13.1 Å². The first kappa shape index (κ1) is 7.77. The molecule has 0 amide bonds. The van der Waals surface area contributed by atoms with Crippen molar-refractivity contribution in [2.45, 2.75) is 6.04 Å². The molecule has 2 rings (SSSR count). The number of nitrogens with two attached hydrogens (primary N) is 1. The number of hydrogen-bond donors (Lipinski definition) is 2. The van der Waals surface area contributed by atoms with E-state index < -0.39 is 0 Å². The molecule has 0 spiro atoms. The van der Waals surface area contributed by atoms with Crippen LogP contribution in [0.3, 0.4) is 0 Å². The van der Waals surface area contributed by atoms with E-state index in [9.17, 15) is 0 Å². The summed E-state index contributed by atoms with van der Waals surface area (Å²) in [6.07, 6.45) is 0. The lowest BCUT2D eigenvalue weighted by Crippen LogP contribution is -2.47. The Morgan fingerprint density at radius 1 is 1.25 bits per heavy atom. The summed E-state index contributed by atoms with van der Waals surface area (Å²) in [7, 11) is 0. The summed E-state index contributed by atoms with van der Waals surface area (Å²) in [6.45, 7) is 2.13. The molecule has 1 saturated heterocycles. The SMILES string of the molecule is NC(c1ccccc1)C1CNC1. The second-order valence-corrected chi connectivity index (χ2v) is 3.35. The predicted molar refractivity (Wildman–Crippen MR) is 49.7 cm³/mol. The van der Waals surface area contributed by atoms with E-state index in [-0.39, 0.29) is 6.04 Å². The highest BCUT2D eigenvalue weighted by Crippen LogP contribution is 2.21. The highest BCUT2D eigenvalue weighted by molar-refractivity contribution is 5.20. The van der Waals surface area contributed by atoms with Crippen LogP contribution < -0.4 is 11.1 Å². The Bertz CT molecular complexity index is 241. The molecule has 0 bridgehead atoms. The van der Waals surface area contributed by atoms with Gasteiger partial charge in [0.2, 0.25) is 0 Å². The Hall–Kier alpha value is -0.860. The first-order valence-corrected chi connectivity index (χ1v) is 4.39. The van der Waals surface area contributed by atoms with Crippen LogP contribution in [0.1, 0.15) is 11.6 Å². The van der Waals surface area contributed by atoms with Gasteiger partial charge in [-0.1, -0.05) is 30.3 Å². The van der Waals surface area contributed by atoms with Gasteiger partial charge < -0.3 is 11.1 Å². The first-order valence-electron chi connectivity index (χ1n) is 4.39. The first-order chi connectivity index (χ1) is 5.88. The van der Waals surface area contributed by atoms with Gasteiger partial charge in [0.25, 0.3) is 0 Å². The van der Waals surface area contributed by atoms with Crippen molar-refractivity contribution in [3.05, 3.63) is 35.9 Å².